The molecule has 0 aliphatic heterocycles. The molecule has 6 unspecified atom stereocenters. The van der Waals surface area contributed by atoms with Gasteiger partial charge in [-0.3, -0.25) is 55.7 Å². The highest BCUT2D eigenvalue weighted by molar-refractivity contribution is 8.13. The SMILES string of the molecule is CC(=O)SCCOP(=O)(OCCSC(C)=O)C(C)C.CC(C)(C)P(=O)(O)CP(=O)(O)CP(=O)(O)O.CC(C)(C)P(=O)(O)O.CC(C)(C)P(=O)(O)OP(=O)(O)O.COC(=O)C(C)(C)NP(=O)(Oc1ccccc1)C(C)C.COC(=O)C(C)NP(=O)(Oc1ccccc1)C(C)C. The van der Waals surface area contributed by atoms with Crippen molar-refractivity contribution in [2.45, 2.75) is 183 Å². The molecule has 0 aliphatic rings. The van der Waals surface area contributed by atoms with Crippen LogP contribution in [0.4, 0.5) is 0 Å². The van der Waals surface area contributed by atoms with Crippen LogP contribution in [0.3, 0.4) is 0 Å². The van der Waals surface area contributed by atoms with Crippen molar-refractivity contribution < 1.29 is 136 Å². The predicted octanol–water partition coefficient (Wildman–Crippen LogP) is 12.7. The fraction of sp³-hybridized carbons (Fsp3) is 0.692. The number of ether oxygens (including phenoxy) is 2. The van der Waals surface area contributed by atoms with Crippen LogP contribution >= 0.6 is 91.5 Å². The fourth-order valence-corrected chi connectivity index (χ4v) is 20.8. The lowest BCUT2D eigenvalue weighted by atomic mass is 10.1. The molecule has 0 bridgehead atoms. The quantitative estimate of drug-likeness (QED) is 0.0225. The van der Waals surface area contributed by atoms with E-state index in [2.05, 4.69) is 19.2 Å². The van der Waals surface area contributed by atoms with Gasteiger partial charge in [0.2, 0.25) is 14.7 Å². The molecule has 0 aliphatic carbocycles. The zero-order valence-electron chi connectivity index (χ0n) is 57.4. The van der Waals surface area contributed by atoms with Crippen LogP contribution in [-0.2, 0) is 83.1 Å². The minimum absolute atomic E-state index is 0.00163. The maximum absolute atomic E-state index is 13.0. The first-order chi connectivity index (χ1) is 41.7. The molecule has 552 valence electrons. The molecule has 11 N–H and O–H groups in total. The van der Waals surface area contributed by atoms with Crippen molar-refractivity contribution in [3.05, 3.63) is 60.7 Å². The Kier molecular flexibility index (Phi) is 44.3. The Morgan fingerprint density at radius 1 is 0.511 bits per heavy atom. The summed E-state index contributed by atoms with van der Waals surface area (Å²) < 4.78 is 138. The monoisotopic (exact) mass is 1560 g/mol. The third-order valence-electron chi connectivity index (χ3n) is 11.1. The zero-order chi connectivity index (χ0) is 75.4. The van der Waals surface area contributed by atoms with Gasteiger partial charge in [-0.1, -0.05) is 122 Å². The number of esters is 2. The number of benzene rings is 2. The summed E-state index contributed by atoms with van der Waals surface area (Å²) in [6.45, 7) is 31.7. The second-order valence-electron chi connectivity index (χ2n) is 24.4. The van der Waals surface area contributed by atoms with Gasteiger partial charge >= 0.3 is 65.2 Å². The summed E-state index contributed by atoms with van der Waals surface area (Å²) in [6.07, 6.45) is 0. The molecule has 0 spiro atoms. The number of nitrogens with one attached hydrogen (secondary N) is 2. The van der Waals surface area contributed by atoms with Gasteiger partial charge in [0, 0.05) is 30.5 Å². The topological polar surface area (TPSA) is 493 Å². The van der Waals surface area contributed by atoms with E-state index in [1.807, 2.05) is 12.1 Å². The summed E-state index contributed by atoms with van der Waals surface area (Å²) in [4.78, 5) is 123. The van der Waals surface area contributed by atoms with Gasteiger partial charge < -0.3 is 71.6 Å². The molecule has 0 radical (unpaired) electrons. The van der Waals surface area contributed by atoms with Gasteiger partial charge in [0.25, 0.3) is 0 Å². The summed E-state index contributed by atoms with van der Waals surface area (Å²) >= 11 is 2.25. The first-order valence-corrected chi connectivity index (χ1v) is 45.5. The largest absolute Gasteiger partial charge is 0.476 e. The molecule has 0 saturated heterocycles. The third kappa shape index (κ3) is 43.9. The zero-order valence-corrected chi connectivity index (χ0v) is 67.0. The van der Waals surface area contributed by atoms with Crippen molar-refractivity contribution in [2.24, 2.45) is 0 Å². The van der Waals surface area contributed by atoms with E-state index in [9.17, 15) is 70.1 Å². The number of phosphoric acid groups is 1. The van der Waals surface area contributed by atoms with Crippen LogP contribution in [0.5, 0.6) is 11.5 Å². The van der Waals surface area contributed by atoms with Crippen molar-refractivity contribution in [1.29, 1.82) is 0 Å². The molecule has 0 amide bonds. The van der Waals surface area contributed by atoms with Gasteiger partial charge in [-0.15, -0.1) is 0 Å². The Morgan fingerprint density at radius 3 is 1.13 bits per heavy atom. The van der Waals surface area contributed by atoms with Gasteiger partial charge in [0.05, 0.1) is 54.7 Å². The number of methoxy groups -OCH3 is 2. The molecule has 0 saturated carbocycles. The number of hydrogen-bond acceptors (Lipinski definition) is 22. The van der Waals surface area contributed by atoms with Crippen molar-refractivity contribution in [3.8, 4) is 11.5 Å². The smallest absolute Gasteiger partial charge is 0.468 e. The van der Waals surface area contributed by atoms with Crippen LogP contribution in [0.1, 0.15) is 138 Å². The van der Waals surface area contributed by atoms with Gasteiger partial charge in [0.1, 0.15) is 34.9 Å². The minimum atomic E-state index is -4.90. The van der Waals surface area contributed by atoms with E-state index in [1.165, 1.54) is 90.4 Å². The van der Waals surface area contributed by atoms with Crippen molar-refractivity contribution in [3.63, 3.8) is 0 Å². The molecule has 0 fully saturated rings. The number of rotatable bonds is 27. The summed E-state index contributed by atoms with van der Waals surface area (Å²) in [5, 5.41) is 2.39. The van der Waals surface area contributed by atoms with Gasteiger partial charge in [-0.2, -0.15) is 0 Å². The van der Waals surface area contributed by atoms with Crippen molar-refractivity contribution in [2.75, 3.05) is 50.7 Å². The van der Waals surface area contributed by atoms with Crippen molar-refractivity contribution >= 4 is 114 Å². The molecular weight excluding hydrogens is 1460 g/mol. The third-order valence-corrected chi connectivity index (χ3v) is 34.2. The van der Waals surface area contributed by atoms with E-state index in [4.69, 9.17) is 57.1 Å². The number of hydrogen-bond donors (Lipinski definition) is 11. The maximum atomic E-state index is 13.0. The van der Waals surface area contributed by atoms with Gasteiger partial charge in [-0.25, -0.2) is 19.1 Å². The Hall–Kier alpha value is -1.47. The highest BCUT2D eigenvalue weighted by Crippen LogP contribution is 2.67. The predicted molar refractivity (Wildman–Crippen MR) is 370 cm³/mol. The molecule has 31 nitrogen and oxygen atoms in total. The average molecular weight is 1560 g/mol. The van der Waals surface area contributed by atoms with Crippen LogP contribution in [0.15, 0.2) is 60.7 Å². The number of carbonyl (C=O) groups excluding carboxylic acids is 4. The van der Waals surface area contributed by atoms with Crippen LogP contribution < -0.4 is 19.2 Å². The minimum Gasteiger partial charge on any atom is -0.468 e. The molecule has 0 heterocycles. The fourth-order valence-electron chi connectivity index (χ4n) is 5.15. The summed E-state index contributed by atoms with van der Waals surface area (Å²) in [5.41, 5.74) is -1.90. The molecular formula is C52H103N2O29P9S2. The number of thioether (sulfide) groups is 2. The van der Waals surface area contributed by atoms with Crippen LogP contribution in [0, 0.1) is 0 Å². The summed E-state index contributed by atoms with van der Waals surface area (Å²) in [5.74, 6) is -1.29. The van der Waals surface area contributed by atoms with Gasteiger partial charge in [-0.05, 0) is 86.6 Å². The van der Waals surface area contributed by atoms with Crippen LogP contribution in [-0.4, -0.2) is 161 Å². The molecule has 42 heteroatoms. The second kappa shape index (κ2) is 42.1. The molecule has 2 aromatic rings. The number of para-hydroxylation sites is 2. The normalized spacial score (nSPS) is 15.9. The highest BCUT2D eigenvalue weighted by Gasteiger charge is 2.45. The summed E-state index contributed by atoms with van der Waals surface area (Å²) in [6, 6.07) is 17.1. The Labute approximate surface area is 562 Å². The highest BCUT2D eigenvalue weighted by atomic mass is 32.2. The Balaban J connectivity index is -0.000000527. The molecule has 94 heavy (non-hydrogen) atoms. The molecule has 2 aromatic carbocycles. The van der Waals surface area contributed by atoms with E-state index in [1.54, 1.807) is 111 Å². The van der Waals surface area contributed by atoms with E-state index in [0.29, 0.717) is 23.0 Å². The number of carbonyl (C=O) groups is 4. The standard InChI is InChI=1S/C14H22NO4P.C13H20NO4P.C11H21O5PS2.C6H17O7P3.C4H12O6P2.C4H11O3P/c1-11(2)20(17,15-14(3,4)13(16)18-5)19-12-9-7-6-8-10-12;1-10(2)19(16,14-11(3)13(15)17-4)18-12-8-6-5-7-9-12;1-9(2)17(14,15-5-7-18-10(3)12)16-6-8-19-11(4)13;1-6(2,3)15(9,10)4-14(7,8)5-16(11,12)13;1-4(2,3)11(5,6)10-12(7,8)9;1-4(2,3)8(5,6)7/h6-11H,1-5H3,(H,15,17);5-11H,1-4H3,(H,14,16);9H,5-8H2,1-4H3;4-5H2,1-3H3,(H,7,8)(H,9,10)(H2,11,12,13);1-3H3,(H,5,6)(H2,7,8,9);1-3H3,(H2,5,6,7). The molecule has 6 atom stereocenters. The molecule has 0 aromatic heterocycles. The van der Waals surface area contributed by atoms with Crippen LogP contribution in [0.25, 0.3) is 0 Å². The van der Waals surface area contributed by atoms with Crippen LogP contribution in [0.2, 0.25) is 0 Å². The van der Waals surface area contributed by atoms with E-state index in [0.717, 1.165) is 23.5 Å². The lowest BCUT2D eigenvalue weighted by molar-refractivity contribution is -0.146. The first kappa shape index (κ1) is 98.9. The second-order valence-corrected chi connectivity index (χ2v) is 49.4. The van der Waals surface area contributed by atoms with E-state index >= 15 is 0 Å². The van der Waals surface area contributed by atoms with E-state index < -0.39 is 119 Å². The maximum Gasteiger partial charge on any atom is 0.476 e. The summed E-state index contributed by atoms with van der Waals surface area (Å²) in [7, 11) is -32.9. The lowest BCUT2D eigenvalue weighted by Gasteiger charge is -2.31. The van der Waals surface area contributed by atoms with Crippen molar-refractivity contribution in [1.82, 2.24) is 10.2 Å². The average Bonchev–Trinajstić information content (AvgIpc) is 0.829. The Bertz CT molecular complexity index is 3080. The molecule has 2 rings (SSSR count). The van der Waals surface area contributed by atoms with E-state index in [-0.39, 0.29) is 40.4 Å². The Morgan fingerprint density at radius 2 is 0.872 bits per heavy atom. The lowest BCUT2D eigenvalue weighted by Crippen LogP contribution is -2.47. The first-order valence-electron chi connectivity index (χ1n) is 28.1. The van der Waals surface area contributed by atoms with Gasteiger partial charge in [0.15, 0.2) is 10.2 Å².